The van der Waals surface area contributed by atoms with E-state index in [1.807, 2.05) is 0 Å². The number of methoxy groups -OCH3 is 1. The standard InChI is InChI=1S/C16H34N4O.HI/c1-4-15-9-6-7-12-20(15)13-11-19-16(17-5-2)18-10-8-14-21-3;/h15H,4-14H2,1-3H3,(H2,17,18,19);1H. The number of guanidine groups is 1. The number of nitrogens with zero attached hydrogens (tertiary/aromatic N) is 2. The van der Waals surface area contributed by atoms with Gasteiger partial charge in [-0.3, -0.25) is 9.89 Å². The lowest BCUT2D eigenvalue weighted by Crippen LogP contribution is -2.46. The lowest BCUT2D eigenvalue weighted by atomic mass is 10.0. The first-order valence-electron chi connectivity index (χ1n) is 8.57. The second-order valence-electron chi connectivity index (χ2n) is 5.63. The summed E-state index contributed by atoms with van der Waals surface area (Å²) in [4.78, 5) is 7.20. The Morgan fingerprint density at radius 2 is 2.09 bits per heavy atom. The van der Waals surface area contributed by atoms with Gasteiger partial charge in [-0.05, 0) is 39.2 Å². The number of piperidine rings is 1. The molecule has 0 bridgehead atoms. The highest BCUT2D eigenvalue weighted by atomic mass is 127. The van der Waals surface area contributed by atoms with Gasteiger partial charge < -0.3 is 15.4 Å². The van der Waals surface area contributed by atoms with Crippen molar-refractivity contribution in [2.45, 2.75) is 52.0 Å². The molecule has 0 spiro atoms. The molecule has 0 radical (unpaired) electrons. The average Bonchev–Trinajstić information content (AvgIpc) is 2.52. The molecule has 1 aliphatic heterocycles. The van der Waals surface area contributed by atoms with Gasteiger partial charge in [-0.15, -0.1) is 24.0 Å². The molecule has 0 aromatic rings. The Morgan fingerprint density at radius 1 is 1.27 bits per heavy atom. The summed E-state index contributed by atoms with van der Waals surface area (Å²) in [6, 6.07) is 0.779. The predicted octanol–water partition coefficient (Wildman–Crippen LogP) is 2.46. The summed E-state index contributed by atoms with van der Waals surface area (Å²) in [6.07, 6.45) is 6.34. The Labute approximate surface area is 153 Å². The Morgan fingerprint density at radius 3 is 2.77 bits per heavy atom. The fourth-order valence-corrected chi connectivity index (χ4v) is 2.88. The first kappa shape index (κ1) is 21.9. The summed E-state index contributed by atoms with van der Waals surface area (Å²) in [7, 11) is 1.73. The third-order valence-electron chi connectivity index (χ3n) is 4.03. The van der Waals surface area contributed by atoms with E-state index in [1.54, 1.807) is 7.11 Å². The quantitative estimate of drug-likeness (QED) is 0.258. The lowest BCUT2D eigenvalue weighted by molar-refractivity contribution is 0.147. The van der Waals surface area contributed by atoms with Crippen LogP contribution < -0.4 is 10.6 Å². The molecule has 22 heavy (non-hydrogen) atoms. The zero-order chi connectivity index (χ0) is 15.3. The number of hydrogen-bond acceptors (Lipinski definition) is 3. The lowest BCUT2D eigenvalue weighted by Gasteiger charge is -2.35. The van der Waals surface area contributed by atoms with Crippen LogP contribution in [0, 0.1) is 0 Å². The number of ether oxygens (including phenoxy) is 1. The van der Waals surface area contributed by atoms with Crippen LogP contribution in [0.1, 0.15) is 46.0 Å². The van der Waals surface area contributed by atoms with Gasteiger partial charge in [-0.1, -0.05) is 13.3 Å². The van der Waals surface area contributed by atoms with E-state index in [0.717, 1.165) is 51.2 Å². The predicted molar refractivity (Wildman–Crippen MR) is 105 cm³/mol. The molecule has 0 amide bonds. The smallest absolute Gasteiger partial charge is 0.191 e. The number of likely N-dealkylation sites (tertiary alicyclic amines) is 1. The number of nitrogens with one attached hydrogen (secondary N) is 2. The van der Waals surface area contributed by atoms with Gasteiger partial charge in [-0.25, -0.2) is 0 Å². The van der Waals surface area contributed by atoms with Gasteiger partial charge in [0, 0.05) is 45.9 Å². The third kappa shape index (κ3) is 9.15. The Bertz CT molecular complexity index is 289. The first-order valence-corrected chi connectivity index (χ1v) is 8.57. The minimum absolute atomic E-state index is 0. The molecule has 1 saturated heterocycles. The van der Waals surface area contributed by atoms with Crippen molar-refractivity contribution in [3.05, 3.63) is 0 Å². The summed E-state index contributed by atoms with van der Waals surface area (Å²) in [5.41, 5.74) is 0. The number of halogens is 1. The molecule has 5 nitrogen and oxygen atoms in total. The highest BCUT2D eigenvalue weighted by Gasteiger charge is 2.19. The van der Waals surface area contributed by atoms with Crippen molar-refractivity contribution in [3.8, 4) is 0 Å². The Kier molecular flexibility index (Phi) is 14.5. The molecule has 0 aromatic carbocycles. The number of aliphatic imine (C=N–C) groups is 1. The molecule has 0 aromatic heterocycles. The van der Waals surface area contributed by atoms with Crippen molar-refractivity contribution in [3.63, 3.8) is 0 Å². The van der Waals surface area contributed by atoms with E-state index >= 15 is 0 Å². The van der Waals surface area contributed by atoms with Crippen LogP contribution in [0.2, 0.25) is 0 Å². The SMILES string of the molecule is CCNC(=NCCCOC)NCCN1CCCCC1CC.I. The summed E-state index contributed by atoms with van der Waals surface area (Å²) in [5, 5.41) is 6.75. The summed E-state index contributed by atoms with van der Waals surface area (Å²) in [6.45, 7) is 10.2. The fraction of sp³-hybridized carbons (Fsp3) is 0.938. The van der Waals surface area contributed by atoms with Crippen LogP contribution in [0.4, 0.5) is 0 Å². The normalized spacial score (nSPS) is 19.6. The molecule has 1 heterocycles. The molecule has 2 N–H and O–H groups in total. The Hall–Kier alpha value is -0.0800. The Balaban J connectivity index is 0.00000441. The first-order chi connectivity index (χ1) is 10.3. The molecule has 132 valence electrons. The van der Waals surface area contributed by atoms with Crippen molar-refractivity contribution >= 4 is 29.9 Å². The maximum atomic E-state index is 5.05. The topological polar surface area (TPSA) is 48.9 Å². The van der Waals surface area contributed by atoms with Crippen molar-refractivity contribution in [1.29, 1.82) is 0 Å². The van der Waals surface area contributed by atoms with Crippen LogP contribution in [0.15, 0.2) is 4.99 Å². The number of rotatable bonds is 9. The van der Waals surface area contributed by atoms with E-state index in [1.165, 1.54) is 32.2 Å². The van der Waals surface area contributed by atoms with E-state index in [-0.39, 0.29) is 24.0 Å². The molecule has 1 atom stereocenters. The van der Waals surface area contributed by atoms with Gasteiger partial charge in [0.05, 0.1) is 0 Å². The van der Waals surface area contributed by atoms with E-state index in [2.05, 4.69) is 34.4 Å². The average molecular weight is 426 g/mol. The van der Waals surface area contributed by atoms with Crippen LogP contribution in [-0.2, 0) is 4.74 Å². The summed E-state index contributed by atoms with van der Waals surface area (Å²) < 4.78 is 5.05. The summed E-state index contributed by atoms with van der Waals surface area (Å²) >= 11 is 0. The second-order valence-corrected chi connectivity index (χ2v) is 5.63. The van der Waals surface area contributed by atoms with Crippen LogP contribution in [0.3, 0.4) is 0 Å². The molecule has 1 fully saturated rings. The van der Waals surface area contributed by atoms with E-state index in [9.17, 15) is 0 Å². The largest absolute Gasteiger partial charge is 0.385 e. The monoisotopic (exact) mass is 426 g/mol. The molecule has 0 aliphatic carbocycles. The van der Waals surface area contributed by atoms with Gasteiger partial charge in [-0.2, -0.15) is 0 Å². The van der Waals surface area contributed by atoms with E-state index in [0.29, 0.717) is 0 Å². The zero-order valence-corrected chi connectivity index (χ0v) is 16.9. The van der Waals surface area contributed by atoms with Crippen LogP contribution in [-0.4, -0.2) is 63.3 Å². The van der Waals surface area contributed by atoms with Crippen molar-refractivity contribution in [1.82, 2.24) is 15.5 Å². The highest BCUT2D eigenvalue weighted by molar-refractivity contribution is 14.0. The fourth-order valence-electron chi connectivity index (χ4n) is 2.88. The molecular formula is C16H35IN4O. The van der Waals surface area contributed by atoms with Crippen LogP contribution in [0.25, 0.3) is 0 Å². The van der Waals surface area contributed by atoms with Gasteiger partial charge in [0.15, 0.2) is 5.96 Å². The highest BCUT2D eigenvalue weighted by Crippen LogP contribution is 2.18. The molecule has 6 heteroatoms. The maximum absolute atomic E-state index is 5.05. The molecule has 1 unspecified atom stereocenters. The van der Waals surface area contributed by atoms with E-state index in [4.69, 9.17) is 4.74 Å². The minimum Gasteiger partial charge on any atom is -0.385 e. The van der Waals surface area contributed by atoms with Crippen molar-refractivity contribution in [2.75, 3.05) is 46.4 Å². The molecular weight excluding hydrogens is 391 g/mol. The zero-order valence-electron chi connectivity index (χ0n) is 14.6. The van der Waals surface area contributed by atoms with Crippen LogP contribution >= 0.6 is 24.0 Å². The maximum Gasteiger partial charge on any atom is 0.191 e. The number of hydrogen-bond donors (Lipinski definition) is 2. The van der Waals surface area contributed by atoms with Crippen molar-refractivity contribution < 1.29 is 4.74 Å². The summed E-state index contributed by atoms with van der Waals surface area (Å²) in [5.74, 6) is 0.929. The minimum atomic E-state index is 0. The van der Waals surface area contributed by atoms with Gasteiger partial charge in [0.25, 0.3) is 0 Å². The molecule has 0 saturated carbocycles. The second kappa shape index (κ2) is 14.5. The van der Waals surface area contributed by atoms with Crippen molar-refractivity contribution in [2.24, 2.45) is 4.99 Å². The molecule has 1 rings (SSSR count). The third-order valence-corrected chi connectivity index (χ3v) is 4.03. The van der Waals surface area contributed by atoms with E-state index < -0.39 is 0 Å². The van der Waals surface area contributed by atoms with Gasteiger partial charge >= 0.3 is 0 Å². The van der Waals surface area contributed by atoms with Gasteiger partial charge in [0.1, 0.15) is 0 Å². The van der Waals surface area contributed by atoms with Crippen LogP contribution in [0.5, 0.6) is 0 Å². The molecule has 1 aliphatic rings. The van der Waals surface area contributed by atoms with Gasteiger partial charge in [0.2, 0.25) is 0 Å².